The first-order valence-electron chi connectivity index (χ1n) is 10.9. The number of nitrogens with zero attached hydrogens (tertiary/aromatic N) is 4. The van der Waals surface area contributed by atoms with Gasteiger partial charge in [-0.1, -0.05) is 55.3 Å². The van der Waals surface area contributed by atoms with Gasteiger partial charge in [0.1, 0.15) is 12.1 Å². The predicted molar refractivity (Wildman–Crippen MR) is 126 cm³/mol. The fraction of sp³-hybridized carbons (Fsp3) is 0.348. The number of hydrogen-bond acceptors (Lipinski definition) is 7. The van der Waals surface area contributed by atoms with E-state index in [0.29, 0.717) is 23.8 Å². The largest absolute Gasteiger partial charge is 0.318 e. The summed E-state index contributed by atoms with van der Waals surface area (Å²) in [6, 6.07) is 13.7. The Kier molecular flexibility index (Phi) is 6.03. The third-order valence-corrected chi connectivity index (χ3v) is 7.97. The molecule has 0 unspecified atom stereocenters. The zero-order valence-corrected chi connectivity index (χ0v) is 19.5. The van der Waals surface area contributed by atoms with E-state index in [-0.39, 0.29) is 24.1 Å². The van der Waals surface area contributed by atoms with Crippen LogP contribution in [0.15, 0.2) is 53.0 Å². The molecule has 1 aliphatic carbocycles. The van der Waals surface area contributed by atoms with Crippen LogP contribution in [0.2, 0.25) is 0 Å². The van der Waals surface area contributed by atoms with Gasteiger partial charge in [-0.05, 0) is 36.4 Å². The summed E-state index contributed by atoms with van der Waals surface area (Å²) in [7, 11) is 0. The van der Waals surface area contributed by atoms with Crippen LogP contribution < -0.4 is 5.32 Å². The first-order chi connectivity index (χ1) is 16.1. The molecule has 1 aliphatic heterocycles. The molecule has 1 saturated heterocycles. The van der Waals surface area contributed by atoms with E-state index in [0.717, 1.165) is 29.8 Å². The lowest BCUT2D eigenvalue weighted by atomic mass is 9.78. The molecular formula is C23H23N5O3S2. The Morgan fingerprint density at radius 2 is 1.85 bits per heavy atom. The summed E-state index contributed by atoms with van der Waals surface area (Å²) in [5, 5.41) is 13.8. The van der Waals surface area contributed by atoms with Gasteiger partial charge in [0.2, 0.25) is 11.8 Å². The highest BCUT2D eigenvalue weighted by atomic mass is 32.2. The predicted octanol–water partition coefficient (Wildman–Crippen LogP) is 3.28. The fourth-order valence-corrected chi connectivity index (χ4v) is 6.13. The minimum Gasteiger partial charge on any atom is -0.318 e. The Morgan fingerprint density at radius 1 is 1.06 bits per heavy atom. The number of nitrogens with one attached hydrogen (secondary N) is 1. The summed E-state index contributed by atoms with van der Waals surface area (Å²) in [6.07, 6.45) is 3.94. The summed E-state index contributed by atoms with van der Waals surface area (Å²) in [5.41, 5.74) is -0.0175. The van der Waals surface area contributed by atoms with Gasteiger partial charge >= 0.3 is 0 Å². The monoisotopic (exact) mass is 481 g/mol. The van der Waals surface area contributed by atoms with Crippen molar-refractivity contribution >= 4 is 40.8 Å². The molecule has 1 aromatic carbocycles. The van der Waals surface area contributed by atoms with Crippen molar-refractivity contribution in [3.63, 3.8) is 0 Å². The molecule has 5 rings (SSSR count). The highest BCUT2D eigenvalue weighted by molar-refractivity contribution is 7.99. The number of rotatable bonds is 5. The van der Waals surface area contributed by atoms with Crippen LogP contribution in [0.25, 0.3) is 16.4 Å². The van der Waals surface area contributed by atoms with Crippen LogP contribution in [0.3, 0.4) is 0 Å². The topological polar surface area (TPSA) is 97.2 Å². The van der Waals surface area contributed by atoms with Crippen molar-refractivity contribution in [2.24, 2.45) is 0 Å². The van der Waals surface area contributed by atoms with Crippen molar-refractivity contribution in [1.82, 2.24) is 25.0 Å². The van der Waals surface area contributed by atoms with Gasteiger partial charge in [0, 0.05) is 5.69 Å². The number of para-hydroxylation sites is 1. The molecule has 1 saturated carbocycles. The Hall–Kier alpha value is -2.98. The maximum atomic E-state index is 13.3. The van der Waals surface area contributed by atoms with E-state index in [1.54, 1.807) is 11.3 Å². The summed E-state index contributed by atoms with van der Waals surface area (Å²) in [6.45, 7) is -0.0864. The molecule has 3 aromatic rings. The van der Waals surface area contributed by atoms with Gasteiger partial charge in [-0.15, -0.1) is 21.5 Å². The Labute approximate surface area is 199 Å². The normalized spacial score (nSPS) is 17.9. The van der Waals surface area contributed by atoms with E-state index in [1.165, 1.54) is 16.7 Å². The second kappa shape index (κ2) is 9.11. The van der Waals surface area contributed by atoms with Crippen LogP contribution in [0.1, 0.15) is 32.1 Å². The molecule has 170 valence electrons. The minimum absolute atomic E-state index is 0.0672. The second-order valence-corrected chi connectivity index (χ2v) is 10.1. The number of benzene rings is 1. The highest BCUT2D eigenvalue weighted by Gasteiger charge is 2.50. The van der Waals surface area contributed by atoms with Crippen LogP contribution in [0.4, 0.5) is 0 Å². The van der Waals surface area contributed by atoms with Crippen molar-refractivity contribution in [1.29, 1.82) is 0 Å². The SMILES string of the molecule is O=C1CN(C(=O)CSc2nnc(-c3cccs3)n2-c2ccccc2)C2(CCCCC2)C(=O)N1. The molecule has 0 atom stereocenters. The maximum absolute atomic E-state index is 13.3. The lowest BCUT2D eigenvalue weighted by Crippen LogP contribution is -2.69. The summed E-state index contributed by atoms with van der Waals surface area (Å²) in [5.74, 6) is -0.225. The first kappa shape index (κ1) is 21.8. The van der Waals surface area contributed by atoms with Crippen molar-refractivity contribution in [3.05, 3.63) is 47.8 Å². The maximum Gasteiger partial charge on any atom is 0.252 e. The van der Waals surface area contributed by atoms with Crippen molar-refractivity contribution in [2.45, 2.75) is 42.8 Å². The van der Waals surface area contributed by atoms with Crippen LogP contribution in [0.5, 0.6) is 0 Å². The molecule has 2 fully saturated rings. The number of carbonyl (C=O) groups excluding carboxylic acids is 3. The molecule has 2 aromatic heterocycles. The third-order valence-electron chi connectivity index (χ3n) is 6.19. The quantitative estimate of drug-likeness (QED) is 0.444. The Morgan fingerprint density at radius 3 is 2.58 bits per heavy atom. The molecule has 3 amide bonds. The molecule has 0 radical (unpaired) electrons. The van der Waals surface area contributed by atoms with E-state index < -0.39 is 11.4 Å². The molecule has 2 aliphatic rings. The van der Waals surface area contributed by atoms with Gasteiger partial charge in [0.05, 0.1) is 10.6 Å². The summed E-state index contributed by atoms with van der Waals surface area (Å²) >= 11 is 2.84. The number of aromatic nitrogens is 3. The third kappa shape index (κ3) is 4.08. The van der Waals surface area contributed by atoms with Crippen LogP contribution >= 0.6 is 23.1 Å². The number of amides is 3. The van der Waals surface area contributed by atoms with Crippen LogP contribution in [-0.2, 0) is 14.4 Å². The standard InChI is InChI=1S/C23H23N5O3S2/c29-18-14-27(23(21(31)24-18)11-5-2-6-12-23)19(30)15-33-22-26-25-20(17-10-7-13-32-17)28(22)16-8-3-1-4-9-16/h1,3-4,7-10,13H,2,5-6,11-12,14-15H2,(H,24,29,31). The van der Waals surface area contributed by atoms with Gasteiger partial charge in [0.25, 0.3) is 5.91 Å². The zero-order valence-electron chi connectivity index (χ0n) is 17.9. The number of thioether (sulfide) groups is 1. The molecular weight excluding hydrogens is 458 g/mol. The van der Waals surface area contributed by atoms with E-state index in [1.807, 2.05) is 52.4 Å². The van der Waals surface area contributed by atoms with E-state index >= 15 is 0 Å². The average Bonchev–Trinajstić information content (AvgIpc) is 3.51. The molecule has 10 heteroatoms. The molecule has 3 heterocycles. The second-order valence-electron chi connectivity index (χ2n) is 8.19. The minimum atomic E-state index is -0.918. The van der Waals surface area contributed by atoms with Crippen LogP contribution in [0, 0.1) is 0 Å². The number of carbonyl (C=O) groups is 3. The summed E-state index contributed by atoms with van der Waals surface area (Å²) < 4.78 is 1.94. The molecule has 1 N–H and O–H groups in total. The fourth-order valence-electron chi connectivity index (χ4n) is 4.60. The van der Waals surface area contributed by atoms with Gasteiger partial charge in [-0.25, -0.2) is 0 Å². The van der Waals surface area contributed by atoms with E-state index in [4.69, 9.17) is 0 Å². The van der Waals surface area contributed by atoms with Crippen molar-refractivity contribution in [2.75, 3.05) is 12.3 Å². The van der Waals surface area contributed by atoms with E-state index in [2.05, 4.69) is 15.5 Å². The molecule has 33 heavy (non-hydrogen) atoms. The molecule has 1 spiro atoms. The van der Waals surface area contributed by atoms with Gasteiger partial charge in [-0.2, -0.15) is 0 Å². The first-order valence-corrected chi connectivity index (χ1v) is 12.8. The lowest BCUT2D eigenvalue weighted by molar-refractivity contribution is -0.158. The number of piperazine rings is 1. The van der Waals surface area contributed by atoms with Crippen molar-refractivity contribution < 1.29 is 14.4 Å². The van der Waals surface area contributed by atoms with Crippen LogP contribution in [-0.4, -0.2) is 55.2 Å². The number of hydrogen-bond donors (Lipinski definition) is 1. The van der Waals surface area contributed by atoms with Gasteiger partial charge in [-0.3, -0.25) is 24.3 Å². The highest BCUT2D eigenvalue weighted by Crippen LogP contribution is 2.37. The van der Waals surface area contributed by atoms with Gasteiger partial charge < -0.3 is 4.90 Å². The Balaban J connectivity index is 1.42. The average molecular weight is 482 g/mol. The summed E-state index contributed by atoms with van der Waals surface area (Å²) in [4.78, 5) is 40.7. The van der Waals surface area contributed by atoms with E-state index in [9.17, 15) is 14.4 Å². The number of thiophene rings is 1. The number of imide groups is 1. The van der Waals surface area contributed by atoms with Crippen molar-refractivity contribution in [3.8, 4) is 16.4 Å². The molecule has 0 bridgehead atoms. The molecule has 8 nitrogen and oxygen atoms in total. The van der Waals surface area contributed by atoms with Gasteiger partial charge in [0.15, 0.2) is 11.0 Å². The Bertz CT molecular complexity index is 1170. The zero-order chi connectivity index (χ0) is 22.8. The lowest BCUT2D eigenvalue weighted by Gasteiger charge is -2.47. The smallest absolute Gasteiger partial charge is 0.252 e.